The van der Waals surface area contributed by atoms with Crippen LogP contribution < -0.4 is 11.3 Å². The van der Waals surface area contributed by atoms with Gasteiger partial charge in [-0.1, -0.05) is 25.1 Å². The number of hydrogen-bond donors (Lipinski definition) is 1. The molecule has 2 aromatic heterocycles. The van der Waals surface area contributed by atoms with E-state index in [0.29, 0.717) is 10.5 Å². The van der Waals surface area contributed by atoms with Gasteiger partial charge in [0.05, 0.1) is 17.2 Å². The molecular weight excluding hydrogens is 270 g/mol. The SMILES string of the molecule is CCC(N)c1nc2ccsc2c(=O)n1-c1ccccc1. The second-order valence-corrected chi connectivity index (χ2v) is 5.51. The second kappa shape index (κ2) is 5.19. The van der Waals surface area contributed by atoms with E-state index < -0.39 is 0 Å². The number of nitrogens with zero attached hydrogens (tertiary/aromatic N) is 2. The Morgan fingerprint density at radius 1 is 1.30 bits per heavy atom. The third-order valence-electron chi connectivity index (χ3n) is 3.29. The lowest BCUT2D eigenvalue weighted by atomic mass is 10.2. The maximum atomic E-state index is 12.7. The third-order valence-corrected chi connectivity index (χ3v) is 4.18. The second-order valence-electron chi connectivity index (χ2n) is 4.60. The summed E-state index contributed by atoms with van der Waals surface area (Å²) in [6, 6.07) is 11.1. The van der Waals surface area contributed by atoms with Crippen LogP contribution in [0, 0.1) is 0 Å². The van der Waals surface area contributed by atoms with E-state index in [1.54, 1.807) is 4.57 Å². The van der Waals surface area contributed by atoms with Crippen molar-refractivity contribution in [3.05, 3.63) is 58.0 Å². The van der Waals surface area contributed by atoms with Gasteiger partial charge in [0.1, 0.15) is 10.5 Å². The molecule has 2 heterocycles. The molecule has 1 unspecified atom stereocenters. The van der Waals surface area contributed by atoms with E-state index in [1.165, 1.54) is 11.3 Å². The van der Waals surface area contributed by atoms with Gasteiger partial charge in [-0.05, 0) is 30.0 Å². The van der Waals surface area contributed by atoms with Crippen LogP contribution in [0.3, 0.4) is 0 Å². The largest absolute Gasteiger partial charge is 0.321 e. The maximum absolute atomic E-state index is 12.7. The van der Waals surface area contributed by atoms with Crippen molar-refractivity contribution in [1.29, 1.82) is 0 Å². The molecule has 5 heteroatoms. The molecule has 0 bridgehead atoms. The Bertz CT molecular complexity index is 792. The van der Waals surface area contributed by atoms with Crippen LogP contribution in [-0.2, 0) is 0 Å². The first-order valence-electron chi connectivity index (χ1n) is 6.53. The first-order valence-corrected chi connectivity index (χ1v) is 7.41. The van der Waals surface area contributed by atoms with E-state index >= 15 is 0 Å². The van der Waals surface area contributed by atoms with Crippen molar-refractivity contribution < 1.29 is 0 Å². The number of thiophene rings is 1. The molecular formula is C15H15N3OS. The van der Waals surface area contributed by atoms with Crippen molar-refractivity contribution in [1.82, 2.24) is 9.55 Å². The Kier molecular flexibility index (Phi) is 3.38. The highest BCUT2D eigenvalue weighted by Crippen LogP contribution is 2.21. The van der Waals surface area contributed by atoms with Crippen molar-refractivity contribution in [2.75, 3.05) is 0 Å². The molecule has 3 aromatic rings. The summed E-state index contributed by atoms with van der Waals surface area (Å²) in [4.78, 5) is 17.3. The molecule has 0 fully saturated rings. The van der Waals surface area contributed by atoms with Crippen LogP contribution in [0.25, 0.3) is 15.9 Å². The molecule has 0 spiro atoms. The van der Waals surface area contributed by atoms with Crippen LogP contribution in [0.2, 0.25) is 0 Å². The summed E-state index contributed by atoms with van der Waals surface area (Å²) in [5.74, 6) is 0.620. The minimum atomic E-state index is -0.257. The molecule has 20 heavy (non-hydrogen) atoms. The van der Waals surface area contributed by atoms with Gasteiger partial charge in [0.2, 0.25) is 0 Å². The lowest BCUT2D eigenvalue weighted by Crippen LogP contribution is -2.27. The molecule has 1 atom stereocenters. The molecule has 0 aliphatic heterocycles. The van der Waals surface area contributed by atoms with Gasteiger partial charge in [-0.3, -0.25) is 9.36 Å². The molecule has 0 amide bonds. The highest BCUT2D eigenvalue weighted by atomic mass is 32.1. The maximum Gasteiger partial charge on any atom is 0.276 e. The Morgan fingerprint density at radius 2 is 2.05 bits per heavy atom. The lowest BCUT2D eigenvalue weighted by Gasteiger charge is -2.16. The van der Waals surface area contributed by atoms with Gasteiger partial charge in [0.15, 0.2) is 0 Å². The average molecular weight is 285 g/mol. The first kappa shape index (κ1) is 13.0. The van der Waals surface area contributed by atoms with Crippen LogP contribution in [0.4, 0.5) is 0 Å². The molecule has 0 saturated heterocycles. The molecule has 2 N–H and O–H groups in total. The van der Waals surface area contributed by atoms with Crippen molar-refractivity contribution in [3.63, 3.8) is 0 Å². The van der Waals surface area contributed by atoms with E-state index in [-0.39, 0.29) is 11.6 Å². The fourth-order valence-corrected chi connectivity index (χ4v) is 2.95. The molecule has 4 nitrogen and oxygen atoms in total. The zero-order valence-corrected chi connectivity index (χ0v) is 11.9. The number of aromatic nitrogens is 2. The van der Waals surface area contributed by atoms with Gasteiger partial charge in [0.25, 0.3) is 5.56 Å². The average Bonchev–Trinajstić information content (AvgIpc) is 2.96. The monoisotopic (exact) mass is 285 g/mol. The van der Waals surface area contributed by atoms with Crippen LogP contribution in [-0.4, -0.2) is 9.55 Å². The summed E-state index contributed by atoms with van der Waals surface area (Å²) in [6.45, 7) is 1.99. The summed E-state index contributed by atoms with van der Waals surface area (Å²) < 4.78 is 2.30. The highest BCUT2D eigenvalue weighted by Gasteiger charge is 2.17. The normalized spacial score (nSPS) is 12.7. The van der Waals surface area contributed by atoms with Crippen molar-refractivity contribution in [3.8, 4) is 5.69 Å². The van der Waals surface area contributed by atoms with Gasteiger partial charge in [-0.25, -0.2) is 4.98 Å². The number of hydrogen-bond acceptors (Lipinski definition) is 4. The Hall–Kier alpha value is -1.98. The molecule has 102 valence electrons. The fourth-order valence-electron chi connectivity index (χ4n) is 2.19. The number of rotatable bonds is 3. The summed E-state index contributed by atoms with van der Waals surface area (Å²) in [7, 11) is 0. The Morgan fingerprint density at radius 3 is 2.75 bits per heavy atom. The van der Waals surface area contributed by atoms with Crippen LogP contribution in [0.15, 0.2) is 46.6 Å². The first-order chi connectivity index (χ1) is 9.72. The number of nitrogens with two attached hydrogens (primary N) is 1. The van der Waals surface area contributed by atoms with Crippen molar-refractivity contribution >= 4 is 21.6 Å². The molecule has 1 aromatic carbocycles. The van der Waals surface area contributed by atoms with Gasteiger partial charge < -0.3 is 5.73 Å². The zero-order valence-electron chi connectivity index (χ0n) is 11.1. The topological polar surface area (TPSA) is 60.9 Å². The standard InChI is InChI=1S/C15H15N3OS/c1-2-11(16)14-17-12-8-9-20-13(12)15(19)18(14)10-6-4-3-5-7-10/h3-9,11H,2,16H2,1H3. The molecule has 0 aliphatic carbocycles. The number of para-hydroxylation sites is 1. The Balaban J connectivity index is 2.38. The summed E-state index contributed by atoms with van der Waals surface area (Å²) in [6.07, 6.45) is 0.731. The molecule has 0 saturated carbocycles. The quantitative estimate of drug-likeness (QED) is 0.805. The molecule has 0 aliphatic rings. The van der Waals surface area contributed by atoms with Crippen molar-refractivity contribution in [2.24, 2.45) is 5.73 Å². The van der Waals surface area contributed by atoms with Crippen LogP contribution in [0.5, 0.6) is 0 Å². The Labute approximate surface area is 120 Å². The van der Waals surface area contributed by atoms with Crippen molar-refractivity contribution in [2.45, 2.75) is 19.4 Å². The predicted molar refractivity (Wildman–Crippen MR) is 82.4 cm³/mol. The van der Waals surface area contributed by atoms with E-state index in [2.05, 4.69) is 4.98 Å². The molecule has 3 rings (SSSR count). The summed E-state index contributed by atoms with van der Waals surface area (Å²) in [5, 5.41) is 1.88. The van der Waals surface area contributed by atoms with E-state index in [9.17, 15) is 4.79 Å². The number of benzene rings is 1. The highest BCUT2D eigenvalue weighted by molar-refractivity contribution is 7.17. The van der Waals surface area contributed by atoms with Gasteiger partial charge in [-0.2, -0.15) is 0 Å². The predicted octanol–water partition coefficient (Wildman–Crippen LogP) is 2.86. The minimum Gasteiger partial charge on any atom is -0.321 e. The number of fused-ring (bicyclic) bond motifs is 1. The fraction of sp³-hybridized carbons (Fsp3) is 0.200. The van der Waals surface area contributed by atoms with E-state index in [1.807, 2.05) is 48.7 Å². The van der Waals surface area contributed by atoms with Gasteiger partial charge in [-0.15, -0.1) is 11.3 Å². The van der Waals surface area contributed by atoms with Crippen LogP contribution in [0.1, 0.15) is 25.2 Å². The van der Waals surface area contributed by atoms with E-state index in [0.717, 1.165) is 17.6 Å². The zero-order chi connectivity index (χ0) is 14.1. The summed E-state index contributed by atoms with van der Waals surface area (Å²) in [5.41, 5.74) is 7.63. The van der Waals surface area contributed by atoms with E-state index in [4.69, 9.17) is 5.73 Å². The smallest absolute Gasteiger partial charge is 0.276 e. The molecule has 0 radical (unpaired) electrons. The third kappa shape index (κ3) is 2.05. The van der Waals surface area contributed by atoms with Gasteiger partial charge >= 0.3 is 0 Å². The summed E-state index contributed by atoms with van der Waals surface area (Å²) >= 11 is 1.41. The van der Waals surface area contributed by atoms with Gasteiger partial charge in [0, 0.05) is 0 Å². The lowest BCUT2D eigenvalue weighted by molar-refractivity contribution is 0.623. The minimum absolute atomic E-state index is 0.0462. The van der Waals surface area contributed by atoms with Crippen LogP contribution >= 0.6 is 11.3 Å².